The highest BCUT2D eigenvalue weighted by atomic mass is 16.5. The van der Waals surface area contributed by atoms with Crippen LogP contribution in [0.25, 0.3) is 0 Å². The Morgan fingerprint density at radius 3 is 2.56 bits per heavy atom. The van der Waals surface area contributed by atoms with Crippen LogP contribution in [0.3, 0.4) is 0 Å². The summed E-state index contributed by atoms with van der Waals surface area (Å²) < 4.78 is 4.91. The van der Waals surface area contributed by atoms with Gasteiger partial charge in [0.2, 0.25) is 0 Å². The quantitative estimate of drug-likeness (QED) is 0.762. The normalized spacial score (nSPS) is 14.4. The van der Waals surface area contributed by atoms with Gasteiger partial charge in [-0.15, -0.1) is 0 Å². The number of nitrogens with one attached hydrogen (secondary N) is 1. The smallest absolute Gasteiger partial charge is 0.326 e. The molecular weight excluding hydrogens is 206 g/mol. The van der Waals surface area contributed by atoms with Crippen LogP contribution in [-0.4, -0.2) is 30.3 Å². The average molecular weight is 223 g/mol. The van der Waals surface area contributed by atoms with Gasteiger partial charge in [-0.25, -0.2) is 0 Å². The van der Waals surface area contributed by atoms with Crippen LogP contribution < -0.4 is 5.32 Å². The van der Waals surface area contributed by atoms with Crippen molar-refractivity contribution in [3.8, 4) is 0 Å². The number of ether oxygens (including phenoxy) is 1. The topological polar surface area (TPSA) is 58.6 Å². The van der Waals surface area contributed by atoms with E-state index in [1.807, 2.05) is 30.3 Å². The minimum atomic E-state index is -1.05. The number of methoxy groups -OCH3 is 1. The molecule has 0 heterocycles. The molecule has 0 saturated carbocycles. The van der Waals surface area contributed by atoms with E-state index in [-0.39, 0.29) is 6.61 Å². The van der Waals surface area contributed by atoms with Crippen molar-refractivity contribution in [2.24, 2.45) is 0 Å². The molecule has 1 unspecified atom stereocenters. The van der Waals surface area contributed by atoms with Crippen molar-refractivity contribution in [1.82, 2.24) is 5.32 Å². The molecule has 4 nitrogen and oxygen atoms in total. The standard InChI is InChI=1S/C12H17NO3/c1-12(9-16-2,11(14)15)13-8-10-6-4-3-5-7-10/h3-7,13H,8-9H2,1-2H3,(H,14,15). The average Bonchev–Trinajstić information content (AvgIpc) is 2.28. The molecule has 0 fully saturated rings. The molecule has 0 aliphatic heterocycles. The number of benzene rings is 1. The monoisotopic (exact) mass is 223 g/mol. The van der Waals surface area contributed by atoms with Crippen LogP contribution in [0.4, 0.5) is 0 Å². The first-order valence-corrected chi connectivity index (χ1v) is 5.10. The summed E-state index contributed by atoms with van der Waals surface area (Å²) in [6, 6.07) is 9.66. The Labute approximate surface area is 95.2 Å². The SMILES string of the molecule is COCC(C)(NCc1ccccc1)C(=O)O. The Balaban J connectivity index is 2.60. The third-order valence-corrected chi connectivity index (χ3v) is 2.43. The van der Waals surface area contributed by atoms with Crippen molar-refractivity contribution in [1.29, 1.82) is 0 Å². The van der Waals surface area contributed by atoms with Crippen LogP contribution in [0.1, 0.15) is 12.5 Å². The molecule has 2 N–H and O–H groups in total. The molecule has 0 aliphatic rings. The van der Waals surface area contributed by atoms with Gasteiger partial charge in [0, 0.05) is 13.7 Å². The first-order chi connectivity index (χ1) is 7.58. The van der Waals surface area contributed by atoms with Gasteiger partial charge in [0.25, 0.3) is 0 Å². The van der Waals surface area contributed by atoms with Gasteiger partial charge in [-0.3, -0.25) is 10.1 Å². The summed E-state index contributed by atoms with van der Waals surface area (Å²) in [7, 11) is 1.49. The lowest BCUT2D eigenvalue weighted by molar-refractivity contribution is -0.146. The molecule has 1 rings (SSSR count). The predicted molar refractivity (Wildman–Crippen MR) is 61.2 cm³/mol. The Kier molecular flexibility index (Phi) is 4.46. The van der Waals surface area contributed by atoms with E-state index >= 15 is 0 Å². The predicted octanol–water partition coefficient (Wildman–Crippen LogP) is 1.27. The summed E-state index contributed by atoms with van der Waals surface area (Å²) in [5.74, 6) is -0.912. The van der Waals surface area contributed by atoms with Crippen LogP contribution in [0.2, 0.25) is 0 Å². The second-order valence-corrected chi connectivity index (χ2v) is 3.91. The van der Waals surface area contributed by atoms with Crippen molar-refractivity contribution in [2.75, 3.05) is 13.7 Å². The summed E-state index contributed by atoms with van der Waals surface area (Å²) in [5.41, 5.74) is -0.00371. The fourth-order valence-corrected chi connectivity index (χ4v) is 1.37. The maximum atomic E-state index is 11.1. The lowest BCUT2D eigenvalue weighted by Gasteiger charge is -2.25. The van der Waals surface area contributed by atoms with E-state index in [9.17, 15) is 4.79 Å². The molecule has 1 aromatic rings. The lowest BCUT2D eigenvalue weighted by atomic mass is 10.0. The van der Waals surface area contributed by atoms with E-state index in [1.165, 1.54) is 7.11 Å². The summed E-state index contributed by atoms with van der Waals surface area (Å²) in [6.45, 7) is 2.25. The Morgan fingerprint density at radius 2 is 2.06 bits per heavy atom. The molecule has 0 saturated heterocycles. The van der Waals surface area contributed by atoms with Crippen molar-refractivity contribution in [3.63, 3.8) is 0 Å². The zero-order chi connectivity index (χ0) is 12.0. The van der Waals surface area contributed by atoms with Crippen LogP contribution in [-0.2, 0) is 16.1 Å². The fraction of sp³-hybridized carbons (Fsp3) is 0.417. The second-order valence-electron chi connectivity index (χ2n) is 3.91. The van der Waals surface area contributed by atoms with Crippen molar-refractivity contribution >= 4 is 5.97 Å². The van der Waals surface area contributed by atoms with Gasteiger partial charge < -0.3 is 9.84 Å². The zero-order valence-corrected chi connectivity index (χ0v) is 9.56. The molecule has 0 aromatic heterocycles. The Morgan fingerprint density at radius 1 is 1.44 bits per heavy atom. The first-order valence-electron chi connectivity index (χ1n) is 5.10. The van der Waals surface area contributed by atoms with Crippen LogP contribution in [0, 0.1) is 0 Å². The molecule has 16 heavy (non-hydrogen) atoms. The van der Waals surface area contributed by atoms with Crippen LogP contribution in [0.5, 0.6) is 0 Å². The number of aliphatic carboxylic acids is 1. The molecular formula is C12H17NO3. The zero-order valence-electron chi connectivity index (χ0n) is 9.56. The van der Waals surface area contributed by atoms with E-state index < -0.39 is 11.5 Å². The van der Waals surface area contributed by atoms with Gasteiger partial charge in [-0.1, -0.05) is 30.3 Å². The fourth-order valence-electron chi connectivity index (χ4n) is 1.37. The minimum absolute atomic E-state index is 0.134. The minimum Gasteiger partial charge on any atom is -0.480 e. The van der Waals surface area contributed by atoms with Gasteiger partial charge in [0.15, 0.2) is 0 Å². The highest BCUT2D eigenvalue weighted by molar-refractivity contribution is 5.78. The largest absolute Gasteiger partial charge is 0.480 e. The van der Waals surface area contributed by atoms with Gasteiger partial charge >= 0.3 is 5.97 Å². The van der Waals surface area contributed by atoms with E-state index in [0.29, 0.717) is 6.54 Å². The van der Waals surface area contributed by atoms with Gasteiger partial charge in [-0.2, -0.15) is 0 Å². The highest BCUT2D eigenvalue weighted by Crippen LogP contribution is 2.07. The van der Waals surface area contributed by atoms with E-state index in [1.54, 1.807) is 6.92 Å². The van der Waals surface area contributed by atoms with Crippen molar-refractivity contribution < 1.29 is 14.6 Å². The molecule has 1 aromatic carbocycles. The van der Waals surface area contributed by atoms with Crippen LogP contribution >= 0.6 is 0 Å². The van der Waals surface area contributed by atoms with Gasteiger partial charge in [0.05, 0.1) is 6.61 Å². The van der Waals surface area contributed by atoms with Crippen molar-refractivity contribution in [3.05, 3.63) is 35.9 Å². The molecule has 4 heteroatoms. The highest BCUT2D eigenvalue weighted by Gasteiger charge is 2.32. The van der Waals surface area contributed by atoms with Crippen molar-refractivity contribution in [2.45, 2.75) is 19.0 Å². The van der Waals surface area contributed by atoms with E-state index in [2.05, 4.69) is 5.32 Å². The maximum absolute atomic E-state index is 11.1. The third kappa shape index (κ3) is 3.32. The number of carbonyl (C=O) groups is 1. The molecule has 0 bridgehead atoms. The maximum Gasteiger partial charge on any atom is 0.326 e. The third-order valence-electron chi connectivity index (χ3n) is 2.43. The summed E-state index contributed by atoms with van der Waals surface area (Å²) in [5, 5.41) is 12.1. The number of carboxylic acid groups (broad SMARTS) is 1. The molecule has 1 atom stereocenters. The molecule has 0 radical (unpaired) electrons. The van der Waals surface area contributed by atoms with E-state index in [0.717, 1.165) is 5.56 Å². The Hall–Kier alpha value is -1.39. The molecule has 0 aliphatic carbocycles. The number of rotatable bonds is 6. The number of carboxylic acids is 1. The first kappa shape index (κ1) is 12.7. The summed E-state index contributed by atoms with van der Waals surface area (Å²) in [4.78, 5) is 11.1. The number of hydrogen-bond acceptors (Lipinski definition) is 3. The lowest BCUT2D eigenvalue weighted by Crippen LogP contribution is -2.52. The van der Waals surface area contributed by atoms with Gasteiger partial charge in [0.1, 0.15) is 5.54 Å². The van der Waals surface area contributed by atoms with Crippen LogP contribution in [0.15, 0.2) is 30.3 Å². The summed E-state index contributed by atoms with van der Waals surface area (Å²) in [6.07, 6.45) is 0. The summed E-state index contributed by atoms with van der Waals surface area (Å²) >= 11 is 0. The van der Waals surface area contributed by atoms with E-state index in [4.69, 9.17) is 9.84 Å². The molecule has 0 amide bonds. The molecule has 88 valence electrons. The molecule has 0 spiro atoms. The Bertz CT molecular complexity index is 339. The van der Waals surface area contributed by atoms with Gasteiger partial charge in [-0.05, 0) is 12.5 Å². The number of hydrogen-bond donors (Lipinski definition) is 2. The second kappa shape index (κ2) is 5.63.